The minimum Gasteiger partial charge on any atom is -0.263 e. The highest BCUT2D eigenvalue weighted by Crippen LogP contribution is 2.24. The quantitative estimate of drug-likeness (QED) is 0.485. The second-order valence-electron chi connectivity index (χ2n) is 4.80. The molecule has 1 atom stereocenters. The van der Waals surface area contributed by atoms with Crippen LogP contribution in [0.2, 0.25) is 0 Å². The molecule has 0 aliphatic carbocycles. The van der Waals surface area contributed by atoms with Gasteiger partial charge in [-0.1, -0.05) is 50.1 Å². The third-order valence-corrected chi connectivity index (χ3v) is 4.83. The Morgan fingerprint density at radius 1 is 1.24 bits per heavy atom. The van der Waals surface area contributed by atoms with Gasteiger partial charge in [-0.05, 0) is 25.0 Å². The molecule has 0 heterocycles. The molecule has 4 heteroatoms. The molecular formula is C17H24NO2S. The topological polar surface area (TPSA) is 37.4 Å². The van der Waals surface area contributed by atoms with Crippen molar-refractivity contribution in [3.05, 3.63) is 62.1 Å². The fourth-order valence-electron chi connectivity index (χ4n) is 2.10. The number of para-hydroxylation sites is 1. The van der Waals surface area contributed by atoms with Gasteiger partial charge in [0.15, 0.2) is 0 Å². The predicted molar refractivity (Wildman–Crippen MR) is 90.7 cm³/mol. The number of anilines is 1. The van der Waals surface area contributed by atoms with Crippen molar-refractivity contribution in [1.29, 1.82) is 0 Å². The smallest absolute Gasteiger partial charge is 0.239 e. The molecule has 21 heavy (non-hydrogen) atoms. The lowest BCUT2D eigenvalue weighted by Crippen LogP contribution is -2.40. The van der Waals surface area contributed by atoms with Crippen LogP contribution in [0.25, 0.3) is 0 Å². The van der Waals surface area contributed by atoms with E-state index in [1.54, 1.807) is 18.2 Å². The van der Waals surface area contributed by atoms with Gasteiger partial charge >= 0.3 is 0 Å². The van der Waals surface area contributed by atoms with E-state index >= 15 is 0 Å². The SMILES string of the molecule is C=CCS(=O)(=O)N(c1ccccc1)C([CH]CCCC)C=C. The second-order valence-corrected chi connectivity index (χ2v) is 6.69. The average molecular weight is 306 g/mol. The normalized spacial score (nSPS) is 12.6. The summed E-state index contributed by atoms with van der Waals surface area (Å²) in [5.41, 5.74) is 0.650. The monoisotopic (exact) mass is 306 g/mol. The van der Waals surface area contributed by atoms with Crippen LogP contribution >= 0.6 is 0 Å². The van der Waals surface area contributed by atoms with Crippen molar-refractivity contribution in [3.63, 3.8) is 0 Å². The molecule has 0 N–H and O–H groups in total. The first kappa shape index (κ1) is 17.5. The second kappa shape index (κ2) is 8.67. The molecule has 1 unspecified atom stereocenters. The molecule has 0 spiro atoms. The summed E-state index contributed by atoms with van der Waals surface area (Å²) in [6.45, 7) is 9.45. The van der Waals surface area contributed by atoms with E-state index in [1.807, 2.05) is 24.6 Å². The zero-order valence-corrected chi connectivity index (χ0v) is 13.4. The van der Waals surface area contributed by atoms with Gasteiger partial charge in [-0.2, -0.15) is 0 Å². The first-order valence-corrected chi connectivity index (χ1v) is 8.81. The van der Waals surface area contributed by atoms with Gasteiger partial charge in [0.1, 0.15) is 0 Å². The van der Waals surface area contributed by atoms with Crippen molar-refractivity contribution in [1.82, 2.24) is 0 Å². The Morgan fingerprint density at radius 2 is 1.90 bits per heavy atom. The highest BCUT2D eigenvalue weighted by molar-refractivity contribution is 7.93. The van der Waals surface area contributed by atoms with Crippen LogP contribution in [0.5, 0.6) is 0 Å². The molecule has 1 radical (unpaired) electrons. The van der Waals surface area contributed by atoms with Crippen LogP contribution in [0.4, 0.5) is 5.69 Å². The Kier molecular flexibility index (Phi) is 7.23. The number of hydrogen-bond acceptors (Lipinski definition) is 2. The molecule has 0 aliphatic heterocycles. The van der Waals surface area contributed by atoms with Crippen LogP contribution in [0.3, 0.4) is 0 Å². The summed E-state index contributed by atoms with van der Waals surface area (Å²) in [5.74, 6) is -0.0894. The molecule has 0 aliphatic rings. The van der Waals surface area contributed by atoms with Gasteiger partial charge in [-0.15, -0.1) is 13.2 Å². The first-order chi connectivity index (χ1) is 10.1. The van der Waals surface area contributed by atoms with E-state index in [-0.39, 0.29) is 11.8 Å². The summed E-state index contributed by atoms with van der Waals surface area (Å²) < 4.78 is 26.5. The lowest BCUT2D eigenvalue weighted by molar-refractivity contribution is 0.589. The summed E-state index contributed by atoms with van der Waals surface area (Å²) in [7, 11) is -3.46. The van der Waals surface area contributed by atoms with Crippen molar-refractivity contribution in [2.75, 3.05) is 10.1 Å². The summed E-state index contributed by atoms with van der Waals surface area (Å²) in [4.78, 5) is 0. The largest absolute Gasteiger partial charge is 0.263 e. The average Bonchev–Trinajstić information content (AvgIpc) is 2.47. The zero-order valence-electron chi connectivity index (χ0n) is 12.6. The molecule has 0 fully saturated rings. The van der Waals surface area contributed by atoms with Gasteiger partial charge in [0.05, 0.1) is 17.5 Å². The molecule has 3 nitrogen and oxygen atoms in total. The number of sulfonamides is 1. The van der Waals surface area contributed by atoms with Crippen molar-refractivity contribution < 1.29 is 8.42 Å². The van der Waals surface area contributed by atoms with Crippen LogP contribution in [-0.4, -0.2) is 20.2 Å². The minimum atomic E-state index is -3.46. The molecule has 115 valence electrons. The van der Waals surface area contributed by atoms with E-state index in [1.165, 1.54) is 10.4 Å². The van der Waals surface area contributed by atoms with Gasteiger partial charge in [-0.25, -0.2) is 8.42 Å². The fraction of sp³-hybridized carbons (Fsp3) is 0.353. The van der Waals surface area contributed by atoms with Crippen molar-refractivity contribution in [3.8, 4) is 0 Å². The highest BCUT2D eigenvalue weighted by atomic mass is 32.2. The number of nitrogens with zero attached hydrogens (tertiary/aromatic N) is 1. The maximum atomic E-state index is 12.6. The number of hydrogen-bond donors (Lipinski definition) is 0. The molecule has 0 aromatic heterocycles. The Bertz CT molecular complexity index is 537. The molecule has 0 amide bonds. The van der Waals surface area contributed by atoms with E-state index < -0.39 is 10.0 Å². The van der Waals surface area contributed by atoms with E-state index in [4.69, 9.17) is 0 Å². The molecular weight excluding hydrogens is 282 g/mol. The third kappa shape index (κ3) is 5.05. The number of rotatable bonds is 10. The van der Waals surface area contributed by atoms with E-state index in [9.17, 15) is 8.42 Å². The first-order valence-electron chi connectivity index (χ1n) is 7.20. The van der Waals surface area contributed by atoms with Crippen LogP contribution in [0.15, 0.2) is 55.6 Å². The van der Waals surface area contributed by atoms with E-state index in [0.29, 0.717) is 5.69 Å². The zero-order chi connectivity index (χ0) is 15.7. The highest BCUT2D eigenvalue weighted by Gasteiger charge is 2.27. The molecule has 1 aromatic carbocycles. The maximum absolute atomic E-state index is 12.6. The van der Waals surface area contributed by atoms with Gasteiger partial charge in [0.2, 0.25) is 10.0 Å². The summed E-state index contributed by atoms with van der Waals surface area (Å²) in [6, 6.07) is 8.78. The Balaban J connectivity index is 3.11. The maximum Gasteiger partial charge on any atom is 0.239 e. The van der Waals surface area contributed by atoms with Gasteiger partial charge in [-0.3, -0.25) is 4.31 Å². The molecule has 0 saturated heterocycles. The lowest BCUT2D eigenvalue weighted by Gasteiger charge is -2.30. The predicted octanol–water partition coefficient (Wildman–Crippen LogP) is 3.96. The van der Waals surface area contributed by atoms with Crippen LogP contribution in [0, 0.1) is 6.42 Å². The van der Waals surface area contributed by atoms with Crippen LogP contribution in [-0.2, 0) is 10.0 Å². The van der Waals surface area contributed by atoms with Gasteiger partial charge < -0.3 is 0 Å². The lowest BCUT2D eigenvalue weighted by atomic mass is 10.1. The fourth-order valence-corrected chi connectivity index (χ4v) is 3.55. The summed E-state index contributed by atoms with van der Waals surface area (Å²) in [6.07, 6.45) is 8.06. The van der Waals surface area contributed by atoms with E-state index in [0.717, 1.165) is 19.3 Å². The summed E-state index contributed by atoms with van der Waals surface area (Å²) in [5, 5.41) is 0. The summed E-state index contributed by atoms with van der Waals surface area (Å²) >= 11 is 0. The number of benzene rings is 1. The number of unbranched alkanes of at least 4 members (excludes halogenated alkanes) is 2. The van der Waals surface area contributed by atoms with Gasteiger partial charge in [0, 0.05) is 0 Å². The van der Waals surface area contributed by atoms with Crippen LogP contribution < -0.4 is 4.31 Å². The standard InChI is InChI=1S/C17H24NO2S/c1-4-7-9-12-16(6-3)18(21(19,20)15-5-2)17-13-10-8-11-14-17/h5-6,8,10-14,16H,2-4,7,9,15H2,1H3. The molecule has 0 bridgehead atoms. The third-order valence-electron chi connectivity index (χ3n) is 3.12. The van der Waals surface area contributed by atoms with Crippen molar-refractivity contribution in [2.45, 2.75) is 32.2 Å². The Morgan fingerprint density at radius 3 is 2.43 bits per heavy atom. The molecule has 0 saturated carbocycles. The molecule has 1 rings (SSSR count). The van der Waals surface area contributed by atoms with Crippen molar-refractivity contribution in [2.24, 2.45) is 0 Å². The minimum absolute atomic E-state index is 0.0894. The Labute approximate surface area is 129 Å². The Hall–Kier alpha value is -1.55. The van der Waals surface area contributed by atoms with Gasteiger partial charge in [0.25, 0.3) is 0 Å². The molecule has 1 aromatic rings. The van der Waals surface area contributed by atoms with Crippen molar-refractivity contribution >= 4 is 15.7 Å². The van der Waals surface area contributed by atoms with E-state index in [2.05, 4.69) is 20.1 Å². The van der Waals surface area contributed by atoms with Crippen LogP contribution in [0.1, 0.15) is 26.2 Å².